The normalized spacial score (nSPS) is 16.3. The number of hydrogen-bond donors (Lipinski definition) is 2. The number of amides is 2. The molecule has 2 N–H and O–H groups in total. The predicted molar refractivity (Wildman–Crippen MR) is 116 cm³/mol. The van der Waals surface area contributed by atoms with Gasteiger partial charge in [-0.05, 0) is 49.9 Å². The molecule has 8 heteroatoms. The highest BCUT2D eigenvalue weighted by Gasteiger charge is 2.31. The van der Waals surface area contributed by atoms with Crippen LogP contribution in [0.5, 0.6) is 0 Å². The number of nitrogens with one attached hydrogen (secondary N) is 2. The van der Waals surface area contributed by atoms with Crippen LogP contribution in [0.3, 0.4) is 0 Å². The predicted octanol–water partition coefficient (Wildman–Crippen LogP) is 3.35. The van der Waals surface area contributed by atoms with Crippen LogP contribution in [0.4, 0.5) is 0 Å². The van der Waals surface area contributed by atoms with Gasteiger partial charge in [0.2, 0.25) is 5.91 Å². The van der Waals surface area contributed by atoms with Crippen molar-refractivity contribution < 1.29 is 19.1 Å². The van der Waals surface area contributed by atoms with Crippen LogP contribution < -0.4 is 5.32 Å². The van der Waals surface area contributed by atoms with E-state index in [1.54, 1.807) is 18.7 Å². The molecule has 7 nitrogen and oxygen atoms in total. The topological polar surface area (TPSA) is 91.5 Å². The lowest BCUT2D eigenvalue weighted by atomic mass is 9.96. The summed E-state index contributed by atoms with van der Waals surface area (Å²) < 4.78 is 5.78. The highest BCUT2D eigenvalue weighted by molar-refractivity contribution is 9.10. The Morgan fingerprint density at radius 1 is 1.30 bits per heavy atom. The highest BCUT2D eigenvalue weighted by Crippen LogP contribution is 2.24. The first-order valence-corrected chi connectivity index (χ1v) is 10.7. The maximum absolute atomic E-state index is 13.1. The number of aromatic nitrogens is 1. The second-order valence-corrected chi connectivity index (χ2v) is 8.47. The second kappa shape index (κ2) is 9.47. The average molecular weight is 476 g/mol. The molecule has 1 aliphatic rings. The van der Waals surface area contributed by atoms with Crippen molar-refractivity contribution in [3.05, 3.63) is 56.8 Å². The first kappa shape index (κ1) is 22.1. The minimum atomic E-state index is -0.469. The molecule has 2 heterocycles. The van der Waals surface area contributed by atoms with Gasteiger partial charge in [0.25, 0.3) is 5.91 Å². The van der Waals surface area contributed by atoms with E-state index in [2.05, 4.69) is 26.2 Å². The summed E-state index contributed by atoms with van der Waals surface area (Å²) in [5, 5.41) is 2.98. The Morgan fingerprint density at radius 2 is 2.07 bits per heavy atom. The molecule has 0 aliphatic carbocycles. The van der Waals surface area contributed by atoms with Crippen molar-refractivity contribution in [2.45, 2.75) is 33.2 Å². The zero-order valence-corrected chi connectivity index (χ0v) is 19.0. The number of likely N-dealkylation sites (tertiary alicyclic amines) is 1. The molecule has 2 aromatic rings. The number of aryl methyl sites for hydroxylation is 1. The van der Waals surface area contributed by atoms with Crippen molar-refractivity contribution in [1.29, 1.82) is 0 Å². The third-order valence-electron chi connectivity index (χ3n) is 5.48. The van der Waals surface area contributed by atoms with E-state index < -0.39 is 5.97 Å². The SMILES string of the molecule is COC(=O)c1c(C)[nH]c(C(=O)N2CCCC(C(=O)NCc3cccc(Br)c3)C2)c1C. The van der Waals surface area contributed by atoms with Gasteiger partial charge in [0, 0.05) is 29.8 Å². The Bertz CT molecular complexity index is 969. The quantitative estimate of drug-likeness (QED) is 0.648. The number of aromatic amines is 1. The minimum Gasteiger partial charge on any atom is -0.465 e. The van der Waals surface area contributed by atoms with Crippen molar-refractivity contribution in [3.8, 4) is 0 Å². The summed E-state index contributed by atoms with van der Waals surface area (Å²) in [6.07, 6.45) is 1.49. The van der Waals surface area contributed by atoms with E-state index in [0.29, 0.717) is 42.1 Å². The Morgan fingerprint density at radius 3 is 2.77 bits per heavy atom. The molecule has 0 spiro atoms. The summed E-state index contributed by atoms with van der Waals surface area (Å²) in [6, 6.07) is 7.78. The number of carbonyl (C=O) groups excluding carboxylic acids is 3. The highest BCUT2D eigenvalue weighted by atomic mass is 79.9. The van der Waals surface area contributed by atoms with Gasteiger partial charge in [-0.15, -0.1) is 0 Å². The van der Waals surface area contributed by atoms with Gasteiger partial charge in [-0.3, -0.25) is 9.59 Å². The standard InChI is InChI=1S/C22H26BrN3O4/c1-13-18(22(29)30-3)14(2)25-19(13)21(28)26-9-5-7-16(12-26)20(27)24-11-15-6-4-8-17(23)10-15/h4,6,8,10,16,25H,5,7,9,11-12H2,1-3H3,(H,24,27). The van der Waals surface area contributed by atoms with Gasteiger partial charge in [0.05, 0.1) is 18.6 Å². The number of hydrogen-bond acceptors (Lipinski definition) is 4. The number of carbonyl (C=O) groups is 3. The average Bonchev–Trinajstić information content (AvgIpc) is 3.05. The minimum absolute atomic E-state index is 0.0536. The Labute approximate surface area is 184 Å². The molecule has 30 heavy (non-hydrogen) atoms. The molecule has 1 fully saturated rings. The van der Waals surface area contributed by atoms with E-state index in [4.69, 9.17) is 4.74 Å². The lowest BCUT2D eigenvalue weighted by Crippen LogP contribution is -2.45. The molecule has 3 rings (SSSR count). The van der Waals surface area contributed by atoms with Gasteiger partial charge in [-0.25, -0.2) is 4.79 Å². The maximum Gasteiger partial charge on any atom is 0.339 e. The van der Waals surface area contributed by atoms with E-state index in [1.807, 2.05) is 24.3 Å². The van der Waals surface area contributed by atoms with Crippen LogP contribution in [-0.4, -0.2) is 47.9 Å². The van der Waals surface area contributed by atoms with Gasteiger partial charge in [-0.1, -0.05) is 28.1 Å². The fourth-order valence-corrected chi connectivity index (χ4v) is 4.33. The number of rotatable bonds is 5. The molecule has 1 saturated heterocycles. The van der Waals surface area contributed by atoms with Gasteiger partial charge >= 0.3 is 5.97 Å². The van der Waals surface area contributed by atoms with E-state index in [9.17, 15) is 14.4 Å². The maximum atomic E-state index is 13.1. The van der Waals surface area contributed by atoms with Gasteiger partial charge in [0.15, 0.2) is 0 Å². The van der Waals surface area contributed by atoms with Crippen LogP contribution in [0.1, 0.15) is 50.5 Å². The number of benzene rings is 1. The fourth-order valence-electron chi connectivity index (χ4n) is 3.89. The summed E-state index contributed by atoms with van der Waals surface area (Å²) in [7, 11) is 1.32. The number of ether oxygens (including phenoxy) is 1. The second-order valence-electron chi connectivity index (χ2n) is 7.55. The number of halogens is 1. The zero-order valence-electron chi connectivity index (χ0n) is 17.4. The van der Waals surface area contributed by atoms with E-state index in [1.165, 1.54) is 7.11 Å². The van der Waals surface area contributed by atoms with Gasteiger partial charge in [0.1, 0.15) is 5.69 Å². The zero-order chi connectivity index (χ0) is 21.8. The number of nitrogens with zero attached hydrogens (tertiary/aromatic N) is 1. The molecule has 0 saturated carbocycles. The molecule has 0 radical (unpaired) electrons. The van der Waals surface area contributed by atoms with Crippen LogP contribution >= 0.6 is 15.9 Å². The smallest absolute Gasteiger partial charge is 0.339 e. The monoisotopic (exact) mass is 475 g/mol. The summed E-state index contributed by atoms with van der Waals surface area (Å²) in [6.45, 7) is 4.85. The van der Waals surface area contributed by atoms with Gasteiger partial charge < -0.3 is 19.9 Å². The van der Waals surface area contributed by atoms with Crippen LogP contribution in [0.15, 0.2) is 28.7 Å². The first-order chi connectivity index (χ1) is 14.3. The first-order valence-electron chi connectivity index (χ1n) is 9.90. The lowest BCUT2D eigenvalue weighted by molar-refractivity contribution is -0.126. The van der Waals surface area contributed by atoms with E-state index in [-0.39, 0.29) is 17.7 Å². The van der Waals surface area contributed by atoms with Crippen LogP contribution in [0, 0.1) is 19.8 Å². The number of methoxy groups -OCH3 is 1. The Hall–Kier alpha value is -2.61. The molecular weight excluding hydrogens is 450 g/mol. The van der Waals surface area contributed by atoms with Crippen LogP contribution in [0.2, 0.25) is 0 Å². The number of esters is 1. The van der Waals surface area contributed by atoms with E-state index in [0.717, 1.165) is 22.9 Å². The number of H-pyrrole nitrogens is 1. The molecule has 1 aromatic carbocycles. The summed E-state index contributed by atoms with van der Waals surface area (Å²) in [5.74, 6) is -0.979. The van der Waals surface area contributed by atoms with Gasteiger partial charge in [-0.2, -0.15) is 0 Å². The molecule has 1 aliphatic heterocycles. The van der Waals surface area contributed by atoms with Crippen LogP contribution in [0.25, 0.3) is 0 Å². The molecule has 1 unspecified atom stereocenters. The Balaban J connectivity index is 1.66. The summed E-state index contributed by atoms with van der Waals surface area (Å²) in [4.78, 5) is 42.5. The van der Waals surface area contributed by atoms with Crippen molar-refractivity contribution in [2.24, 2.45) is 5.92 Å². The third-order valence-corrected chi connectivity index (χ3v) is 5.97. The third kappa shape index (κ3) is 4.75. The largest absolute Gasteiger partial charge is 0.465 e. The Kier molecular flexibility index (Phi) is 6.97. The van der Waals surface area contributed by atoms with Crippen LogP contribution in [-0.2, 0) is 16.1 Å². The molecule has 1 aromatic heterocycles. The summed E-state index contributed by atoms with van der Waals surface area (Å²) >= 11 is 3.43. The lowest BCUT2D eigenvalue weighted by Gasteiger charge is -2.32. The molecule has 1 atom stereocenters. The van der Waals surface area contributed by atoms with E-state index >= 15 is 0 Å². The summed E-state index contributed by atoms with van der Waals surface area (Å²) in [5.41, 5.74) is 2.95. The molecular formula is C22H26BrN3O4. The van der Waals surface area contributed by atoms with Crippen molar-refractivity contribution >= 4 is 33.7 Å². The molecule has 2 amide bonds. The fraction of sp³-hybridized carbons (Fsp3) is 0.409. The number of piperidine rings is 1. The molecule has 160 valence electrons. The van der Waals surface area contributed by atoms with Crippen molar-refractivity contribution in [3.63, 3.8) is 0 Å². The van der Waals surface area contributed by atoms with Crippen molar-refractivity contribution in [1.82, 2.24) is 15.2 Å². The molecule has 0 bridgehead atoms. The van der Waals surface area contributed by atoms with Crippen molar-refractivity contribution in [2.75, 3.05) is 20.2 Å².